The third kappa shape index (κ3) is 4.87. The molecule has 1 aromatic carbocycles. The molecule has 1 unspecified atom stereocenters. The van der Waals surface area contributed by atoms with E-state index in [1.807, 2.05) is 31.6 Å². The fourth-order valence-electron chi connectivity index (χ4n) is 4.67. The lowest BCUT2D eigenvalue weighted by molar-refractivity contribution is -0.0266. The van der Waals surface area contributed by atoms with E-state index in [1.54, 1.807) is 4.31 Å². The Morgan fingerprint density at radius 3 is 2.45 bits per heavy atom. The monoisotopic (exact) mass is 475 g/mol. The van der Waals surface area contributed by atoms with Gasteiger partial charge in [0.05, 0.1) is 36.2 Å². The Morgan fingerprint density at radius 1 is 1.18 bits per heavy atom. The van der Waals surface area contributed by atoms with Crippen molar-refractivity contribution in [2.45, 2.75) is 70.3 Å². The van der Waals surface area contributed by atoms with E-state index >= 15 is 0 Å². The molecule has 33 heavy (non-hydrogen) atoms. The van der Waals surface area contributed by atoms with Crippen LogP contribution in [0.5, 0.6) is 0 Å². The van der Waals surface area contributed by atoms with E-state index in [4.69, 9.17) is 15.5 Å². The van der Waals surface area contributed by atoms with Crippen LogP contribution in [0.3, 0.4) is 0 Å². The highest BCUT2D eigenvalue weighted by Gasteiger charge is 2.38. The third-order valence-electron chi connectivity index (χ3n) is 7.14. The number of nitrogens with zero attached hydrogens (tertiary/aromatic N) is 4. The summed E-state index contributed by atoms with van der Waals surface area (Å²) in [5.41, 5.74) is 9.47. The summed E-state index contributed by atoms with van der Waals surface area (Å²) >= 11 is 0. The van der Waals surface area contributed by atoms with E-state index in [0.29, 0.717) is 32.3 Å². The lowest BCUT2D eigenvalue weighted by atomic mass is 9.95. The highest BCUT2D eigenvalue weighted by atomic mass is 32.2. The first-order valence-electron chi connectivity index (χ1n) is 12.3. The van der Waals surface area contributed by atoms with Crippen LogP contribution < -0.4 is 5.73 Å². The molecule has 3 heterocycles. The molecule has 1 aromatic heterocycles. The highest BCUT2D eigenvalue weighted by Crippen LogP contribution is 2.32. The molecule has 1 atom stereocenters. The molecule has 2 aromatic rings. The maximum atomic E-state index is 12.6. The molecule has 0 radical (unpaired) electrons. The van der Waals surface area contributed by atoms with Gasteiger partial charge in [-0.05, 0) is 50.2 Å². The fraction of sp³-hybridized carbons (Fsp3) is 0.667. The Bertz CT molecular complexity index is 1080. The number of nitrogens with two attached hydrogens (primary N) is 1. The second-order valence-corrected chi connectivity index (χ2v) is 11.3. The van der Waals surface area contributed by atoms with Crippen molar-refractivity contribution in [2.75, 3.05) is 26.3 Å². The van der Waals surface area contributed by atoms with Crippen LogP contribution in [0.4, 0.5) is 0 Å². The normalized spacial score (nSPS) is 22.4. The Kier molecular flexibility index (Phi) is 7.53. The first kappa shape index (κ1) is 24.3. The van der Waals surface area contributed by atoms with E-state index < -0.39 is 10.0 Å². The second-order valence-electron chi connectivity index (χ2n) is 9.09. The van der Waals surface area contributed by atoms with Crippen molar-refractivity contribution in [2.24, 2.45) is 16.6 Å². The summed E-state index contributed by atoms with van der Waals surface area (Å²) in [6.07, 6.45) is 5.73. The average Bonchev–Trinajstić information content (AvgIpc) is 3.15. The average molecular weight is 476 g/mol. The molecule has 1 saturated carbocycles. The van der Waals surface area contributed by atoms with Gasteiger partial charge < -0.3 is 10.5 Å². The molecule has 5 rings (SSSR count). The van der Waals surface area contributed by atoms with Gasteiger partial charge in [-0.15, -0.1) is 0 Å². The summed E-state index contributed by atoms with van der Waals surface area (Å²) in [5.74, 6) is 0.198. The number of aliphatic imine (C=N–C) groups is 1. The van der Waals surface area contributed by atoms with Gasteiger partial charge in [-0.25, -0.2) is 12.7 Å². The first-order valence-corrected chi connectivity index (χ1v) is 13.8. The van der Waals surface area contributed by atoms with Gasteiger partial charge >= 0.3 is 0 Å². The maximum absolute atomic E-state index is 12.6. The van der Waals surface area contributed by atoms with Gasteiger partial charge in [-0.1, -0.05) is 32.4 Å². The molecule has 3 aliphatic rings. The van der Waals surface area contributed by atoms with E-state index in [9.17, 15) is 8.42 Å². The van der Waals surface area contributed by atoms with Gasteiger partial charge in [-0.3, -0.25) is 9.67 Å². The van der Waals surface area contributed by atoms with Crippen LogP contribution in [0.1, 0.15) is 64.5 Å². The summed E-state index contributed by atoms with van der Waals surface area (Å²) < 4.78 is 34.3. The van der Waals surface area contributed by atoms with Gasteiger partial charge in [0.15, 0.2) is 0 Å². The zero-order valence-electron chi connectivity index (χ0n) is 20.0. The Hall–Kier alpha value is -1.81. The number of aromatic nitrogens is 2. The molecule has 2 saturated heterocycles. The Morgan fingerprint density at radius 2 is 1.88 bits per heavy atom. The molecule has 0 spiro atoms. The van der Waals surface area contributed by atoms with Gasteiger partial charge in [0.2, 0.25) is 10.0 Å². The number of benzene rings is 1. The van der Waals surface area contributed by atoms with Gasteiger partial charge in [0, 0.05) is 24.2 Å². The lowest BCUT2D eigenvalue weighted by Crippen LogP contribution is -2.47. The van der Waals surface area contributed by atoms with Crippen molar-refractivity contribution >= 4 is 26.6 Å². The largest absolute Gasteiger partial charge is 0.377 e. The van der Waals surface area contributed by atoms with Crippen LogP contribution in [0.25, 0.3) is 10.9 Å². The molecule has 2 aliphatic heterocycles. The van der Waals surface area contributed by atoms with Crippen LogP contribution in [0.2, 0.25) is 0 Å². The smallest absolute Gasteiger partial charge is 0.216 e. The SMILES string of the molecule is C/C(=N\C(N)C1CCN(S(=O)(=O)C2CCC2)CC1)c1ccc2cnn(C3COC3)c2c1.CC. The first-order chi connectivity index (χ1) is 15.9. The van der Waals surface area contributed by atoms with Crippen LogP contribution in [0, 0.1) is 5.92 Å². The van der Waals surface area contributed by atoms with E-state index in [2.05, 4.69) is 23.3 Å². The zero-order valence-corrected chi connectivity index (χ0v) is 20.8. The van der Waals surface area contributed by atoms with Crippen LogP contribution >= 0.6 is 0 Å². The fourth-order valence-corrected chi connectivity index (χ4v) is 6.74. The number of sulfonamides is 1. The molecule has 0 bridgehead atoms. The zero-order chi connectivity index (χ0) is 23.6. The quantitative estimate of drug-likeness (QED) is 0.646. The molecular weight excluding hydrogens is 438 g/mol. The highest BCUT2D eigenvalue weighted by molar-refractivity contribution is 7.89. The van der Waals surface area contributed by atoms with Crippen molar-refractivity contribution < 1.29 is 13.2 Å². The van der Waals surface area contributed by atoms with E-state index in [0.717, 1.165) is 54.3 Å². The summed E-state index contributed by atoms with van der Waals surface area (Å²) in [7, 11) is -3.12. The van der Waals surface area contributed by atoms with Crippen LogP contribution in [-0.2, 0) is 14.8 Å². The minimum atomic E-state index is -3.12. The molecular formula is C24H37N5O3S. The summed E-state index contributed by atoms with van der Waals surface area (Å²) in [5, 5.41) is 5.47. The summed E-state index contributed by atoms with van der Waals surface area (Å²) in [6, 6.07) is 6.56. The number of piperidine rings is 1. The van der Waals surface area contributed by atoms with Crippen LogP contribution in [-0.4, -0.2) is 65.9 Å². The Labute approximate surface area is 197 Å². The number of hydrogen-bond acceptors (Lipinski definition) is 6. The van der Waals surface area contributed by atoms with Gasteiger partial charge in [0.25, 0.3) is 0 Å². The molecule has 9 heteroatoms. The van der Waals surface area contributed by atoms with Crippen LogP contribution in [0.15, 0.2) is 29.4 Å². The lowest BCUT2D eigenvalue weighted by Gasteiger charge is -2.37. The molecule has 1 aliphatic carbocycles. The number of hydrogen-bond donors (Lipinski definition) is 1. The minimum absolute atomic E-state index is 0.159. The number of fused-ring (bicyclic) bond motifs is 1. The number of rotatable bonds is 6. The van der Waals surface area contributed by atoms with Crippen molar-refractivity contribution in [1.82, 2.24) is 14.1 Å². The second kappa shape index (κ2) is 10.2. The van der Waals surface area contributed by atoms with E-state index in [1.165, 1.54) is 0 Å². The molecule has 3 fully saturated rings. The van der Waals surface area contributed by atoms with Gasteiger partial charge in [-0.2, -0.15) is 5.10 Å². The van der Waals surface area contributed by atoms with E-state index in [-0.39, 0.29) is 17.3 Å². The van der Waals surface area contributed by atoms with Crippen molar-refractivity contribution in [1.29, 1.82) is 0 Å². The van der Waals surface area contributed by atoms with Crippen molar-refractivity contribution in [3.8, 4) is 0 Å². The third-order valence-corrected chi connectivity index (χ3v) is 9.54. The number of ether oxygens (including phenoxy) is 1. The summed E-state index contributed by atoms with van der Waals surface area (Å²) in [4.78, 5) is 4.79. The maximum Gasteiger partial charge on any atom is 0.216 e. The Balaban J connectivity index is 0.00000126. The summed E-state index contributed by atoms with van der Waals surface area (Å²) in [6.45, 7) is 8.51. The minimum Gasteiger partial charge on any atom is -0.377 e. The molecule has 2 N–H and O–H groups in total. The topological polar surface area (TPSA) is 103 Å². The standard InChI is InChI=1S/C22H31N5O3S.C2H6/c1-15(17-5-6-18-12-24-27(21(18)11-17)19-13-30-14-19)25-22(23)16-7-9-26(10-8-16)31(28,29)20-3-2-4-20;1-2/h5-6,11-12,16,19-20,22H,2-4,7-10,13-14,23H2,1H3;1-2H3/b25-15+;. The molecule has 182 valence electrons. The molecule has 8 nitrogen and oxygen atoms in total. The predicted octanol–water partition coefficient (Wildman–Crippen LogP) is 3.32. The van der Waals surface area contributed by atoms with Crippen molar-refractivity contribution in [3.63, 3.8) is 0 Å². The van der Waals surface area contributed by atoms with Crippen molar-refractivity contribution in [3.05, 3.63) is 30.0 Å². The van der Waals surface area contributed by atoms with Gasteiger partial charge in [0.1, 0.15) is 6.17 Å². The predicted molar refractivity (Wildman–Crippen MR) is 132 cm³/mol. The molecule has 0 amide bonds.